The highest BCUT2D eigenvalue weighted by Gasteiger charge is 2.34. The van der Waals surface area contributed by atoms with Crippen molar-refractivity contribution in [2.75, 3.05) is 19.4 Å². The van der Waals surface area contributed by atoms with E-state index in [2.05, 4.69) is 5.32 Å². The number of hydrogen-bond donors (Lipinski definition) is 2. The molecular weight excluding hydrogens is 302 g/mol. The van der Waals surface area contributed by atoms with Gasteiger partial charge in [-0.1, -0.05) is 13.8 Å². The van der Waals surface area contributed by atoms with E-state index in [-0.39, 0.29) is 18.2 Å². The van der Waals surface area contributed by atoms with Crippen LogP contribution >= 0.6 is 11.8 Å². The third kappa shape index (κ3) is 4.94. The van der Waals surface area contributed by atoms with Crippen LogP contribution in [0.3, 0.4) is 0 Å². The third-order valence-electron chi connectivity index (χ3n) is 3.86. The molecule has 0 aliphatic carbocycles. The fraction of sp³-hybridized carbons (Fsp3) is 0.500. The van der Waals surface area contributed by atoms with Gasteiger partial charge in [0.05, 0.1) is 18.3 Å². The number of ether oxygens (including phenoxy) is 1. The largest absolute Gasteiger partial charge is 0.497 e. The number of carboxylic acid groups (broad SMARTS) is 1. The zero-order valence-corrected chi connectivity index (χ0v) is 14.0. The lowest BCUT2D eigenvalue weighted by atomic mass is 9.82. The quantitative estimate of drug-likeness (QED) is 0.683. The second-order valence-corrected chi connectivity index (χ2v) is 6.08. The molecular formula is C16H23NO4S. The lowest BCUT2D eigenvalue weighted by molar-refractivity contribution is -0.149. The van der Waals surface area contributed by atoms with Crippen LogP contribution in [0.25, 0.3) is 0 Å². The minimum atomic E-state index is -0.875. The van der Waals surface area contributed by atoms with Crippen molar-refractivity contribution in [2.45, 2.75) is 31.6 Å². The summed E-state index contributed by atoms with van der Waals surface area (Å²) in [6.45, 7) is 3.82. The Balaban J connectivity index is 2.47. The van der Waals surface area contributed by atoms with Crippen LogP contribution in [-0.2, 0) is 9.59 Å². The first-order valence-electron chi connectivity index (χ1n) is 7.24. The second-order valence-electron chi connectivity index (χ2n) is 5.03. The van der Waals surface area contributed by atoms with Crippen molar-refractivity contribution in [3.05, 3.63) is 24.3 Å². The monoisotopic (exact) mass is 325 g/mol. The molecule has 1 amide bonds. The summed E-state index contributed by atoms with van der Waals surface area (Å²) in [5, 5.41) is 12.1. The Morgan fingerprint density at radius 2 is 1.82 bits per heavy atom. The molecule has 0 fully saturated rings. The lowest BCUT2D eigenvalue weighted by Crippen LogP contribution is -2.42. The summed E-state index contributed by atoms with van der Waals surface area (Å²) in [6, 6.07) is 7.44. The Hall–Kier alpha value is -1.69. The first-order chi connectivity index (χ1) is 10.5. The van der Waals surface area contributed by atoms with E-state index in [9.17, 15) is 14.7 Å². The summed E-state index contributed by atoms with van der Waals surface area (Å²) in [5.74, 6) is 0.00928. The highest BCUT2D eigenvalue weighted by atomic mass is 32.2. The van der Waals surface area contributed by atoms with E-state index < -0.39 is 11.4 Å². The summed E-state index contributed by atoms with van der Waals surface area (Å²) in [5.41, 5.74) is -0.875. The van der Waals surface area contributed by atoms with Gasteiger partial charge in [-0.3, -0.25) is 9.59 Å². The van der Waals surface area contributed by atoms with E-state index in [0.717, 1.165) is 10.6 Å². The minimum absolute atomic E-state index is 0.159. The van der Waals surface area contributed by atoms with Crippen molar-refractivity contribution in [3.8, 4) is 5.75 Å². The molecule has 0 atom stereocenters. The predicted molar refractivity (Wildman–Crippen MR) is 87.4 cm³/mol. The number of carboxylic acids is 1. The molecule has 0 bridgehead atoms. The molecule has 6 heteroatoms. The summed E-state index contributed by atoms with van der Waals surface area (Å²) in [6.07, 6.45) is 0.982. The van der Waals surface area contributed by atoms with Crippen molar-refractivity contribution in [1.82, 2.24) is 5.32 Å². The van der Waals surface area contributed by atoms with Gasteiger partial charge in [0.15, 0.2) is 0 Å². The molecule has 0 spiro atoms. The summed E-state index contributed by atoms with van der Waals surface area (Å²) in [7, 11) is 1.60. The Labute approximate surface area is 135 Å². The molecule has 1 rings (SSSR count). The molecule has 0 aliphatic heterocycles. The van der Waals surface area contributed by atoms with Gasteiger partial charge in [-0.25, -0.2) is 0 Å². The molecule has 2 N–H and O–H groups in total. The fourth-order valence-corrected chi connectivity index (χ4v) is 2.75. The number of carbonyl (C=O) groups is 2. The number of hydrogen-bond acceptors (Lipinski definition) is 4. The molecule has 5 nitrogen and oxygen atoms in total. The maximum absolute atomic E-state index is 11.9. The van der Waals surface area contributed by atoms with Crippen LogP contribution in [0.5, 0.6) is 5.75 Å². The summed E-state index contributed by atoms with van der Waals surface area (Å²) < 4.78 is 5.07. The van der Waals surface area contributed by atoms with E-state index in [1.54, 1.807) is 7.11 Å². The molecule has 0 saturated heterocycles. The van der Waals surface area contributed by atoms with Gasteiger partial charge in [0, 0.05) is 11.4 Å². The molecule has 1 aromatic rings. The number of methoxy groups -OCH3 is 1. The summed E-state index contributed by atoms with van der Waals surface area (Å²) in [4.78, 5) is 24.2. The number of amides is 1. The first kappa shape index (κ1) is 18.4. The highest BCUT2D eigenvalue weighted by Crippen LogP contribution is 2.26. The van der Waals surface area contributed by atoms with Crippen LogP contribution in [0.4, 0.5) is 0 Å². The Kier molecular flexibility index (Phi) is 7.24. The Bertz CT molecular complexity index is 497. The number of carbonyl (C=O) groups excluding carboxylic acids is 1. The molecule has 0 unspecified atom stereocenters. The van der Waals surface area contributed by atoms with Gasteiger partial charge in [-0.2, -0.15) is 0 Å². The number of nitrogens with one attached hydrogen (secondary N) is 1. The zero-order valence-electron chi connectivity index (χ0n) is 13.2. The SMILES string of the molecule is CCC(CC)(CNC(=O)CSc1ccc(OC)cc1)C(=O)O. The highest BCUT2D eigenvalue weighted by molar-refractivity contribution is 8.00. The third-order valence-corrected chi connectivity index (χ3v) is 4.87. The maximum atomic E-state index is 11.9. The molecule has 0 radical (unpaired) electrons. The summed E-state index contributed by atoms with van der Waals surface area (Å²) >= 11 is 1.41. The van der Waals surface area contributed by atoms with Crippen molar-refractivity contribution in [2.24, 2.45) is 5.41 Å². The lowest BCUT2D eigenvalue weighted by Gasteiger charge is -2.26. The average molecular weight is 325 g/mol. The first-order valence-corrected chi connectivity index (χ1v) is 8.23. The van der Waals surface area contributed by atoms with Crippen molar-refractivity contribution in [3.63, 3.8) is 0 Å². The van der Waals surface area contributed by atoms with Gasteiger partial charge in [0.2, 0.25) is 5.91 Å². The van der Waals surface area contributed by atoms with Crippen LogP contribution in [0.1, 0.15) is 26.7 Å². The van der Waals surface area contributed by atoms with E-state index >= 15 is 0 Å². The van der Waals surface area contributed by atoms with Gasteiger partial charge >= 0.3 is 5.97 Å². The normalized spacial score (nSPS) is 11.0. The van der Waals surface area contributed by atoms with E-state index in [1.807, 2.05) is 38.1 Å². The van der Waals surface area contributed by atoms with Crippen LogP contribution in [0, 0.1) is 5.41 Å². The van der Waals surface area contributed by atoms with Gasteiger partial charge in [-0.15, -0.1) is 11.8 Å². The van der Waals surface area contributed by atoms with E-state index in [1.165, 1.54) is 11.8 Å². The molecule has 22 heavy (non-hydrogen) atoms. The maximum Gasteiger partial charge on any atom is 0.311 e. The number of rotatable bonds is 9. The molecule has 0 aliphatic rings. The minimum Gasteiger partial charge on any atom is -0.497 e. The standard InChI is InChI=1S/C16H23NO4S/c1-4-16(5-2,15(19)20)11-17-14(18)10-22-13-8-6-12(21-3)7-9-13/h6-9H,4-5,10-11H2,1-3H3,(H,17,18)(H,19,20). The number of aliphatic carboxylic acids is 1. The van der Waals surface area contributed by atoms with Gasteiger partial charge in [0.1, 0.15) is 5.75 Å². The predicted octanol–water partition coefficient (Wildman–Crippen LogP) is 2.79. The van der Waals surface area contributed by atoms with Crippen LogP contribution in [-0.4, -0.2) is 36.4 Å². The van der Waals surface area contributed by atoms with Crippen molar-refractivity contribution >= 4 is 23.6 Å². The van der Waals surface area contributed by atoms with Crippen LogP contribution in [0.2, 0.25) is 0 Å². The molecule has 1 aromatic carbocycles. The molecule has 0 aromatic heterocycles. The molecule has 0 saturated carbocycles. The zero-order chi connectivity index (χ0) is 16.6. The van der Waals surface area contributed by atoms with Gasteiger partial charge in [0.25, 0.3) is 0 Å². The number of benzene rings is 1. The Morgan fingerprint density at radius 1 is 1.23 bits per heavy atom. The average Bonchev–Trinajstić information content (AvgIpc) is 2.54. The van der Waals surface area contributed by atoms with Crippen LogP contribution < -0.4 is 10.1 Å². The smallest absolute Gasteiger partial charge is 0.311 e. The van der Waals surface area contributed by atoms with Gasteiger partial charge in [-0.05, 0) is 37.1 Å². The van der Waals surface area contributed by atoms with E-state index in [4.69, 9.17) is 4.74 Å². The topological polar surface area (TPSA) is 75.6 Å². The molecule has 0 heterocycles. The second kappa shape index (κ2) is 8.68. The molecule has 122 valence electrons. The van der Waals surface area contributed by atoms with Crippen LogP contribution in [0.15, 0.2) is 29.2 Å². The van der Waals surface area contributed by atoms with Crippen molar-refractivity contribution in [1.29, 1.82) is 0 Å². The fourth-order valence-electron chi connectivity index (χ4n) is 2.02. The van der Waals surface area contributed by atoms with Gasteiger partial charge < -0.3 is 15.2 Å². The van der Waals surface area contributed by atoms with Crippen molar-refractivity contribution < 1.29 is 19.4 Å². The van der Waals surface area contributed by atoms with E-state index in [0.29, 0.717) is 12.8 Å². The Morgan fingerprint density at radius 3 is 2.27 bits per heavy atom. The number of thioether (sulfide) groups is 1.